The quantitative estimate of drug-likeness (QED) is 0.606. The molecule has 2 N–H and O–H groups in total. The minimum Gasteiger partial charge on any atom is -0.225 e. The van der Waals surface area contributed by atoms with Crippen molar-refractivity contribution < 1.29 is 8.42 Å². The number of halogens is 1. The highest BCUT2D eigenvalue weighted by molar-refractivity contribution is 7.89. The van der Waals surface area contributed by atoms with Gasteiger partial charge in [-0.1, -0.05) is 49.7 Å². The van der Waals surface area contributed by atoms with Crippen LogP contribution in [-0.4, -0.2) is 13.8 Å². The summed E-state index contributed by atoms with van der Waals surface area (Å²) >= 11 is 6.11. The second-order valence-corrected chi connectivity index (χ2v) is 7.69. The van der Waals surface area contributed by atoms with Gasteiger partial charge in [-0.2, -0.15) is 0 Å². The van der Waals surface area contributed by atoms with E-state index in [1.165, 1.54) is 0 Å². The molecule has 2 aromatic rings. The van der Waals surface area contributed by atoms with Crippen LogP contribution in [0.1, 0.15) is 38.2 Å². The minimum atomic E-state index is -3.74. The molecule has 0 fully saturated rings. The lowest BCUT2D eigenvalue weighted by atomic mass is 10.0. The number of alkyl halides is 1. The highest BCUT2D eigenvalue weighted by Gasteiger charge is 2.17. The monoisotopic (exact) mass is 339 g/mol. The number of hydrogen-bond acceptors (Lipinski definition) is 2. The van der Waals surface area contributed by atoms with Crippen molar-refractivity contribution in [1.29, 1.82) is 0 Å². The van der Waals surface area contributed by atoms with Crippen molar-refractivity contribution in [3.63, 3.8) is 0 Å². The van der Waals surface area contributed by atoms with Gasteiger partial charge in [0.1, 0.15) is 0 Å². The molecule has 5 heteroatoms. The number of primary sulfonamides is 1. The Labute approximate surface area is 137 Å². The van der Waals surface area contributed by atoms with E-state index in [4.69, 9.17) is 16.7 Å². The molecule has 2 aromatic carbocycles. The van der Waals surface area contributed by atoms with E-state index in [2.05, 4.69) is 6.92 Å². The Morgan fingerprint density at radius 1 is 1.14 bits per heavy atom. The van der Waals surface area contributed by atoms with E-state index in [0.717, 1.165) is 36.6 Å². The standard InChI is InChI=1S/C17H22ClNO2S/c1-2-15(18)9-5-3-8-14-12-11-13-7-4-6-10-16(13)17(14)22(19,20)21/h4,6-7,10-12,15H,2-3,5,8-9H2,1H3,(H2,19,20,21)/t15-/m0/s1. The topological polar surface area (TPSA) is 60.2 Å². The lowest BCUT2D eigenvalue weighted by Crippen LogP contribution is -2.15. The number of unbranched alkanes of at least 4 members (excludes halogenated alkanes) is 1. The van der Waals surface area contributed by atoms with Gasteiger partial charge in [0.05, 0.1) is 4.90 Å². The fourth-order valence-corrected chi connectivity index (χ4v) is 3.89. The van der Waals surface area contributed by atoms with Crippen LogP contribution in [0.25, 0.3) is 10.8 Å². The van der Waals surface area contributed by atoms with E-state index in [1.54, 1.807) is 0 Å². The van der Waals surface area contributed by atoms with Crippen LogP contribution < -0.4 is 5.14 Å². The lowest BCUT2D eigenvalue weighted by Gasteiger charge is -2.12. The largest absolute Gasteiger partial charge is 0.238 e. The van der Waals surface area contributed by atoms with Crippen molar-refractivity contribution in [2.24, 2.45) is 5.14 Å². The molecule has 0 amide bonds. The summed E-state index contributed by atoms with van der Waals surface area (Å²) in [5.41, 5.74) is 0.795. The van der Waals surface area contributed by atoms with E-state index in [1.807, 2.05) is 36.4 Å². The van der Waals surface area contributed by atoms with Gasteiger partial charge in [0.25, 0.3) is 0 Å². The molecular formula is C17H22ClNO2S. The number of rotatable bonds is 7. The first-order valence-electron chi connectivity index (χ1n) is 7.61. The summed E-state index contributed by atoms with van der Waals surface area (Å²) in [6.07, 6.45) is 4.50. The second-order valence-electron chi connectivity index (χ2n) is 5.57. The van der Waals surface area contributed by atoms with E-state index in [-0.39, 0.29) is 10.3 Å². The lowest BCUT2D eigenvalue weighted by molar-refractivity contribution is 0.595. The van der Waals surface area contributed by atoms with E-state index in [9.17, 15) is 8.42 Å². The predicted molar refractivity (Wildman–Crippen MR) is 92.8 cm³/mol. The molecule has 0 aliphatic carbocycles. The Kier molecular flexibility index (Phi) is 5.84. The number of nitrogens with two attached hydrogens (primary N) is 1. The third-order valence-corrected chi connectivity index (χ3v) is 5.48. The Morgan fingerprint density at radius 2 is 1.86 bits per heavy atom. The number of fused-ring (bicyclic) bond motifs is 1. The predicted octanol–water partition coefficient (Wildman–Crippen LogP) is 4.22. The molecule has 0 aliphatic heterocycles. The van der Waals surface area contributed by atoms with Crippen molar-refractivity contribution in [1.82, 2.24) is 0 Å². The van der Waals surface area contributed by atoms with Crippen molar-refractivity contribution in [3.05, 3.63) is 42.0 Å². The van der Waals surface area contributed by atoms with Crippen LogP contribution in [0.15, 0.2) is 41.3 Å². The molecule has 0 spiro atoms. The highest BCUT2D eigenvalue weighted by atomic mass is 35.5. The molecule has 0 unspecified atom stereocenters. The van der Waals surface area contributed by atoms with Gasteiger partial charge in [-0.15, -0.1) is 11.6 Å². The fourth-order valence-electron chi connectivity index (χ4n) is 2.71. The third-order valence-electron chi connectivity index (χ3n) is 3.90. The molecule has 3 nitrogen and oxygen atoms in total. The van der Waals surface area contributed by atoms with Crippen LogP contribution in [0.5, 0.6) is 0 Å². The van der Waals surface area contributed by atoms with E-state index in [0.29, 0.717) is 11.8 Å². The molecule has 2 rings (SSSR count). The number of benzene rings is 2. The first kappa shape index (κ1) is 17.3. The van der Waals surface area contributed by atoms with E-state index >= 15 is 0 Å². The van der Waals surface area contributed by atoms with Crippen molar-refractivity contribution in [3.8, 4) is 0 Å². The Balaban J connectivity index is 2.26. The molecular weight excluding hydrogens is 318 g/mol. The number of aryl methyl sites for hydroxylation is 1. The van der Waals surface area contributed by atoms with Gasteiger partial charge < -0.3 is 0 Å². The summed E-state index contributed by atoms with van der Waals surface area (Å²) in [7, 11) is -3.74. The zero-order valence-electron chi connectivity index (χ0n) is 12.8. The van der Waals surface area contributed by atoms with Crippen LogP contribution in [0.4, 0.5) is 0 Å². The fraction of sp³-hybridized carbons (Fsp3) is 0.412. The number of hydrogen-bond donors (Lipinski definition) is 1. The van der Waals surface area contributed by atoms with Crippen LogP contribution in [0.2, 0.25) is 0 Å². The second kappa shape index (κ2) is 7.44. The average Bonchev–Trinajstić information content (AvgIpc) is 2.49. The van der Waals surface area contributed by atoms with Crippen LogP contribution >= 0.6 is 11.6 Å². The Hall–Kier alpha value is -1.10. The maximum Gasteiger partial charge on any atom is 0.238 e. The van der Waals surface area contributed by atoms with Crippen molar-refractivity contribution in [2.75, 3.05) is 0 Å². The maximum absolute atomic E-state index is 12.0. The minimum absolute atomic E-state index is 0.203. The normalized spacial score (nSPS) is 13.4. The van der Waals surface area contributed by atoms with Gasteiger partial charge in [-0.3, -0.25) is 0 Å². The summed E-state index contributed by atoms with van der Waals surface area (Å²) in [6.45, 7) is 2.07. The summed E-state index contributed by atoms with van der Waals surface area (Å²) in [6, 6.07) is 11.3. The molecule has 0 bridgehead atoms. The zero-order valence-corrected chi connectivity index (χ0v) is 14.3. The SMILES string of the molecule is CC[C@H](Cl)CCCCc1ccc2ccccc2c1S(N)(=O)=O. The molecule has 0 aliphatic rings. The molecule has 22 heavy (non-hydrogen) atoms. The van der Waals surface area contributed by atoms with Gasteiger partial charge in [-0.25, -0.2) is 13.6 Å². The first-order chi connectivity index (χ1) is 10.4. The van der Waals surface area contributed by atoms with E-state index < -0.39 is 10.0 Å². The van der Waals surface area contributed by atoms with Gasteiger partial charge in [-0.05, 0) is 36.6 Å². The summed E-state index contributed by atoms with van der Waals surface area (Å²) in [4.78, 5) is 0.267. The molecule has 0 heterocycles. The molecule has 0 saturated carbocycles. The van der Waals surface area contributed by atoms with Crippen LogP contribution in [0.3, 0.4) is 0 Å². The van der Waals surface area contributed by atoms with Crippen molar-refractivity contribution >= 4 is 32.4 Å². The van der Waals surface area contributed by atoms with Crippen molar-refractivity contribution in [2.45, 2.75) is 49.3 Å². The first-order valence-corrected chi connectivity index (χ1v) is 9.59. The smallest absolute Gasteiger partial charge is 0.225 e. The van der Waals surface area contributed by atoms with Gasteiger partial charge in [0, 0.05) is 10.8 Å². The Bertz CT molecular complexity index is 743. The van der Waals surface area contributed by atoms with Gasteiger partial charge in [0.2, 0.25) is 10.0 Å². The van der Waals surface area contributed by atoms with Crippen LogP contribution in [0, 0.1) is 0 Å². The molecule has 0 radical (unpaired) electrons. The van der Waals surface area contributed by atoms with Gasteiger partial charge >= 0.3 is 0 Å². The average molecular weight is 340 g/mol. The molecule has 0 saturated heterocycles. The van der Waals surface area contributed by atoms with Gasteiger partial charge in [0.15, 0.2) is 0 Å². The highest BCUT2D eigenvalue weighted by Crippen LogP contribution is 2.27. The Morgan fingerprint density at radius 3 is 2.55 bits per heavy atom. The summed E-state index contributed by atoms with van der Waals surface area (Å²) < 4.78 is 24.0. The molecule has 1 atom stereocenters. The maximum atomic E-state index is 12.0. The summed E-state index contributed by atoms with van der Waals surface area (Å²) in [5, 5.41) is 7.24. The number of sulfonamides is 1. The third kappa shape index (κ3) is 4.22. The zero-order chi connectivity index (χ0) is 16.2. The summed E-state index contributed by atoms with van der Waals surface area (Å²) in [5.74, 6) is 0. The molecule has 0 aromatic heterocycles. The van der Waals surface area contributed by atoms with Crippen LogP contribution in [-0.2, 0) is 16.4 Å². The molecule has 120 valence electrons.